The van der Waals surface area contributed by atoms with Crippen molar-refractivity contribution in [3.05, 3.63) is 131 Å². The van der Waals surface area contributed by atoms with Crippen molar-refractivity contribution in [2.75, 3.05) is 13.2 Å². The van der Waals surface area contributed by atoms with Gasteiger partial charge in [0, 0.05) is 18.8 Å². The third-order valence-electron chi connectivity index (χ3n) is 7.05. The van der Waals surface area contributed by atoms with Gasteiger partial charge in [-0.3, -0.25) is 0 Å². The van der Waals surface area contributed by atoms with E-state index >= 15 is 0 Å². The van der Waals surface area contributed by atoms with Crippen LogP contribution >= 0.6 is 0 Å². The quantitative estimate of drug-likeness (QED) is 0.271. The molecule has 1 N–H and O–H groups in total. The molecule has 0 saturated heterocycles. The van der Waals surface area contributed by atoms with Crippen molar-refractivity contribution in [1.82, 2.24) is 5.32 Å². The second-order valence-corrected chi connectivity index (χ2v) is 9.58. The first kappa shape index (κ1) is 25.3. The summed E-state index contributed by atoms with van der Waals surface area (Å²) in [4.78, 5) is 26.9. The molecule has 5 nitrogen and oxygen atoms in total. The number of hydrogen-bond acceptors (Lipinski definition) is 4. The van der Waals surface area contributed by atoms with Crippen LogP contribution in [-0.4, -0.2) is 30.8 Å². The largest absolute Gasteiger partial charge is 0.464 e. The van der Waals surface area contributed by atoms with E-state index in [-0.39, 0.29) is 32.0 Å². The minimum atomic E-state index is -1.33. The van der Waals surface area contributed by atoms with Crippen molar-refractivity contribution < 1.29 is 19.1 Å². The van der Waals surface area contributed by atoms with Crippen LogP contribution in [0, 0.1) is 0 Å². The van der Waals surface area contributed by atoms with Crippen molar-refractivity contribution in [3.63, 3.8) is 0 Å². The van der Waals surface area contributed by atoms with Crippen molar-refractivity contribution in [1.29, 1.82) is 0 Å². The third kappa shape index (κ3) is 5.32. The van der Waals surface area contributed by atoms with Crippen LogP contribution in [0.1, 0.15) is 35.1 Å². The molecule has 0 aromatic heterocycles. The Labute approximate surface area is 223 Å². The molecular weight excluding hydrogens is 474 g/mol. The molecule has 0 aliphatic heterocycles. The molecule has 1 aliphatic carbocycles. The molecule has 38 heavy (non-hydrogen) atoms. The van der Waals surface area contributed by atoms with Gasteiger partial charge in [0.05, 0.1) is 6.61 Å². The zero-order valence-electron chi connectivity index (χ0n) is 21.4. The highest BCUT2D eigenvalue weighted by Gasteiger charge is 2.42. The van der Waals surface area contributed by atoms with Gasteiger partial charge in [0.15, 0.2) is 0 Å². The Bertz CT molecular complexity index is 1310. The second kappa shape index (κ2) is 11.3. The van der Waals surface area contributed by atoms with Crippen LogP contribution < -0.4 is 5.32 Å². The highest BCUT2D eigenvalue weighted by molar-refractivity contribution is 5.87. The van der Waals surface area contributed by atoms with E-state index in [0.29, 0.717) is 0 Å². The number of rotatable bonds is 9. The molecule has 5 rings (SSSR count). The van der Waals surface area contributed by atoms with Crippen LogP contribution in [0.15, 0.2) is 109 Å². The fourth-order valence-corrected chi connectivity index (χ4v) is 5.33. The lowest BCUT2D eigenvalue weighted by Gasteiger charge is -2.32. The van der Waals surface area contributed by atoms with Gasteiger partial charge in [-0.15, -0.1) is 0 Å². The molecule has 4 aromatic rings. The Kier molecular flexibility index (Phi) is 7.55. The van der Waals surface area contributed by atoms with Gasteiger partial charge in [0.1, 0.15) is 12.1 Å². The molecule has 0 bridgehead atoms. The number of nitrogens with one attached hydrogen (secondary N) is 1. The summed E-state index contributed by atoms with van der Waals surface area (Å²) in [5, 5.41) is 2.95. The lowest BCUT2D eigenvalue weighted by molar-refractivity contribution is -0.151. The Hall–Kier alpha value is -4.38. The first-order valence-corrected chi connectivity index (χ1v) is 13.0. The molecular formula is C33H31NO4. The number of alkyl carbamates (subject to hydrolysis) is 1. The van der Waals surface area contributed by atoms with Gasteiger partial charge in [0.25, 0.3) is 0 Å². The third-order valence-corrected chi connectivity index (χ3v) is 7.05. The van der Waals surface area contributed by atoms with Crippen molar-refractivity contribution in [2.45, 2.75) is 31.2 Å². The van der Waals surface area contributed by atoms with Crippen LogP contribution in [-0.2, 0) is 27.1 Å². The van der Waals surface area contributed by atoms with Crippen molar-refractivity contribution in [2.24, 2.45) is 0 Å². The van der Waals surface area contributed by atoms with Gasteiger partial charge >= 0.3 is 12.1 Å². The number of amides is 1. The fraction of sp³-hybridized carbons (Fsp3) is 0.212. The number of benzene rings is 4. The Morgan fingerprint density at radius 3 is 1.66 bits per heavy atom. The van der Waals surface area contributed by atoms with Crippen molar-refractivity contribution in [3.8, 4) is 11.1 Å². The Morgan fingerprint density at radius 2 is 1.16 bits per heavy atom. The summed E-state index contributed by atoms with van der Waals surface area (Å²) in [6.45, 7) is 2.13. The smallest absolute Gasteiger partial charge is 0.408 e. The van der Waals surface area contributed by atoms with Crippen LogP contribution in [0.4, 0.5) is 4.79 Å². The van der Waals surface area contributed by atoms with Gasteiger partial charge in [0.2, 0.25) is 0 Å². The lowest BCUT2D eigenvalue weighted by atomic mass is 9.84. The molecule has 4 aromatic carbocycles. The molecule has 5 heteroatoms. The molecule has 1 aliphatic rings. The van der Waals surface area contributed by atoms with E-state index < -0.39 is 17.6 Å². The average molecular weight is 506 g/mol. The highest BCUT2D eigenvalue weighted by atomic mass is 16.6. The molecule has 0 heterocycles. The van der Waals surface area contributed by atoms with E-state index in [1.165, 1.54) is 0 Å². The van der Waals surface area contributed by atoms with E-state index in [0.717, 1.165) is 33.4 Å². The first-order valence-electron chi connectivity index (χ1n) is 13.0. The van der Waals surface area contributed by atoms with Gasteiger partial charge in [-0.2, -0.15) is 0 Å². The molecule has 1 amide bonds. The maximum atomic E-state index is 13.5. The summed E-state index contributed by atoms with van der Waals surface area (Å²) in [5.41, 5.74) is 5.07. The van der Waals surface area contributed by atoms with Gasteiger partial charge in [-0.05, 0) is 40.3 Å². The molecule has 0 unspecified atom stereocenters. The molecule has 192 valence electrons. The number of hydrogen-bond donors (Lipinski definition) is 1. The van der Waals surface area contributed by atoms with E-state index in [1.807, 2.05) is 84.9 Å². The minimum absolute atomic E-state index is 0.0756. The van der Waals surface area contributed by atoms with Gasteiger partial charge in [-0.1, -0.05) is 109 Å². The highest BCUT2D eigenvalue weighted by Crippen LogP contribution is 2.44. The number of carbonyl (C=O) groups excluding carboxylic acids is 2. The standard InChI is InChI=1S/C33H31NO4/c1-2-37-31(35)33(21-24-13-5-3-6-14-24,22-25-15-7-4-8-16-25)34-32(36)38-23-30-28-19-11-9-17-26(28)27-18-10-12-20-29(27)30/h3-20,30H,2,21-23H2,1H3,(H,34,36). The second-order valence-electron chi connectivity index (χ2n) is 9.58. The monoisotopic (exact) mass is 505 g/mol. The Balaban J connectivity index is 1.41. The van der Waals surface area contributed by atoms with E-state index in [2.05, 4.69) is 29.6 Å². The molecule has 0 spiro atoms. The van der Waals surface area contributed by atoms with Crippen molar-refractivity contribution >= 4 is 12.1 Å². The topological polar surface area (TPSA) is 64.6 Å². The number of esters is 1. The van der Waals surface area contributed by atoms with Crippen LogP contribution in [0.2, 0.25) is 0 Å². The fourth-order valence-electron chi connectivity index (χ4n) is 5.33. The van der Waals surface area contributed by atoms with Gasteiger partial charge < -0.3 is 14.8 Å². The summed E-state index contributed by atoms with van der Waals surface area (Å²) in [6, 6.07) is 35.7. The first-order chi connectivity index (χ1) is 18.6. The zero-order valence-corrected chi connectivity index (χ0v) is 21.4. The summed E-state index contributed by atoms with van der Waals surface area (Å²) < 4.78 is 11.4. The average Bonchev–Trinajstić information content (AvgIpc) is 3.27. The molecule has 0 atom stereocenters. The molecule has 0 radical (unpaired) electrons. The summed E-state index contributed by atoms with van der Waals surface area (Å²) in [6.07, 6.45) is -0.107. The summed E-state index contributed by atoms with van der Waals surface area (Å²) in [5.74, 6) is -0.561. The zero-order chi connectivity index (χ0) is 26.4. The van der Waals surface area contributed by atoms with Crippen LogP contribution in [0.25, 0.3) is 11.1 Å². The predicted octanol–water partition coefficient (Wildman–Crippen LogP) is 6.31. The Morgan fingerprint density at radius 1 is 0.684 bits per heavy atom. The molecule has 0 fully saturated rings. The normalized spacial score (nSPS) is 12.3. The maximum Gasteiger partial charge on any atom is 0.408 e. The van der Waals surface area contributed by atoms with Crippen LogP contribution in [0.5, 0.6) is 0 Å². The SMILES string of the molecule is CCOC(=O)C(Cc1ccccc1)(Cc1ccccc1)NC(=O)OCC1c2ccccc2-c2ccccc21. The number of fused-ring (bicyclic) bond motifs is 3. The van der Waals surface area contributed by atoms with Gasteiger partial charge in [-0.25, -0.2) is 9.59 Å². The van der Waals surface area contributed by atoms with E-state index in [1.54, 1.807) is 6.92 Å². The van der Waals surface area contributed by atoms with E-state index in [4.69, 9.17) is 9.47 Å². The maximum absolute atomic E-state index is 13.5. The summed E-state index contributed by atoms with van der Waals surface area (Å²) in [7, 11) is 0. The lowest BCUT2D eigenvalue weighted by Crippen LogP contribution is -2.58. The predicted molar refractivity (Wildman–Crippen MR) is 148 cm³/mol. The minimum Gasteiger partial charge on any atom is -0.464 e. The number of ether oxygens (including phenoxy) is 2. The van der Waals surface area contributed by atoms with Crippen LogP contribution in [0.3, 0.4) is 0 Å². The summed E-state index contributed by atoms with van der Waals surface area (Å²) >= 11 is 0. The molecule has 0 saturated carbocycles. The van der Waals surface area contributed by atoms with E-state index in [9.17, 15) is 9.59 Å². The number of carbonyl (C=O) groups is 2.